The highest BCUT2D eigenvalue weighted by Gasteiger charge is 2.23. The van der Waals surface area contributed by atoms with E-state index < -0.39 is 11.1 Å². The van der Waals surface area contributed by atoms with Gasteiger partial charge in [0.05, 0.1) is 0 Å². The van der Waals surface area contributed by atoms with Gasteiger partial charge in [0.2, 0.25) is 0 Å². The van der Waals surface area contributed by atoms with E-state index in [-0.39, 0.29) is 5.92 Å². The maximum atomic E-state index is 11.2. The Morgan fingerprint density at radius 1 is 1.33 bits per heavy atom. The fourth-order valence-corrected chi connectivity index (χ4v) is 3.65. The molecule has 1 aliphatic rings. The molecule has 0 amide bonds. The zero-order chi connectivity index (χ0) is 15.0. The van der Waals surface area contributed by atoms with Crippen molar-refractivity contribution in [2.75, 3.05) is 6.54 Å². The number of fused-ring (bicyclic) bond motifs is 1. The largest absolute Gasteiger partial charge is 0.768 e. The summed E-state index contributed by atoms with van der Waals surface area (Å²) in [6.07, 6.45) is 0. The highest BCUT2D eigenvalue weighted by Crippen LogP contribution is 2.35. The maximum absolute atomic E-state index is 11.2. The molecule has 1 unspecified atom stereocenters. The molecular formula is C16H15ClNO2S-. The smallest absolute Gasteiger partial charge is 0.0456 e. The Morgan fingerprint density at radius 2 is 2.14 bits per heavy atom. The molecule has 0 saturated heterocycles. The molecule has 0 spiro atoms. The van der Waals surface area contributed by atoms with E-state index in [0.29, 0.717) is 4.90 Å². The van der Waals surface area contributed by atoms with Gasteiger partial charge in [-0.25, -0.2) is 0 Å². The minimum absolute atomic E-state index is 0.120. The Morgan fingerprint density at radius 3 is 2.90 bits per heavy atom. The highest BCUT2D eigenvalue weighted by molar-refractivity contribution is 7.79. The summed E-state index contributed by atoms with van der Waals surface area (Å²) < 4.78 is 22.3. The van der Waals surface area contributed by atoms with Crippen LogP contribution in [-0.2, 0) is 17.6 Å². The second-order valence-corrected chi connectivity index (χ2v) is 6.65. The third-order valence-corrected chi connectivity index (χ3v) is 4.83. The van der Waals surface area contributed by atoms with Crippen molar-refractivity contribution in [3.05, 3.63) is 63.7 Å². The van der Waals surface area contributed by atoms with E-state index >= 15 is 0 Å². The average molecular weight is 321 g/mol. The molecule has 3 nitrogen and oxygen atoms in total. The molecule has 0 radical (unpaired) electrons. The van der Waals surface area contributed by atoms with Crippen molar-refractivity contribution in [3.8, 4) is 0 Å². The highest BCUT2D eigenvalue weighted by atomic mass is 35.5. The van der Waals surface area contributed by atoms with E-state index in [4.69, 9.17) is 11.6 Å². The van der Waals surface area contributed by atoms with Crippen LogP contribution in [0, 0.1) is 6.92 Å². The minimum Gasteiger partial charge on any atom is -0.768 e. The first-order valence-electron chi connectivity index (χ1n) is 6.75. The third-order valence-electron chi connectivity index (χ3n) is 3.85. The summed E-state index contributed by atoms with van der Waals surface area (Å²) in [7, 11) is 0. The molecule has 0 aliphatic carbocycles. The number of benzene rings is 2. The van der Waals surface area contributed by atoms with Crippen molar-refractivity contribution in [1.82, 2.24) is 5.32 Å². The zero-order valence-electron chi connectivity index (χ0n) is 11.6. The summed E-state index contributed by atoms with van der Waals surface area (Å²) in [5, 5.41) is 4.13. The lowest BCUT2D eigenvalue weighted by Gasteiger charge is -2.28. The Hall–Kier alpha value is -1.20. The van der Waals surface area contributed by atoms with E-state index in [2.05, 4.69) is 11.4 Å². The van der Waals surface area contributed by atoms with Gasteiger partial charge in [0, 0.05) is 28.9 Å². The van der Waals surface area contributed by atoms with E-state index in [1.165, 1.54) is 5.56 Å². The van der Waals surface area contributed by atoms with Crippen LogP contribution >= 0.6 is 11.6 Å². The molecule has 1 aliphatic heterocycles. The van der Waals surface area contributed by atoms with Crippen LogP contribution in [-0.4, -0.2) is 15.3 Å². The van der Waals surface area contributed by atoms with Gasteiger partial charge in [-0.3, -0.25) is 4.21 Å². The van der Waals surface area contributed by atoms with Crippen molar-refractivity contribution < 1.29 is 8.76 Å². The van der Waals surface area contributed by atoms with Gasteiger partial charge in [-0.15, -0.1) is 0 Å². The summed E-state index contributed by atoms with van der Waals surface area (Å²) in [5.74, 6) is 0.120. The Bertz CT molecular complexity index is 717. The maximum Gasteiger partial charge on any atom is 0.0456 e. The van der Waals surface area contributed by atoms with Crippen LogP contribution in [0.3, 0.4) is 0 Å². The number of rotatable bonds is 2. The summed E-state index contributed by atoms with van der Waals surface area (Å²) in [6.45, 7) is 3.55. The standard InChI is InChI=1S/C16H16ClNO2S/c1-10-5-13-14(8-18-9-15(13)16(17)6-10)11-3-2-4-12(7-11)21(19)20/h2-7,14,18H,8-9H2,1H3,(H,19,20)/p-1/t14-/m0/s1. The van der Waals surface area contributed by atoms with Gasteiger partial charge >= 0.3 is 0 Å². The molecule has 21 heavy (non-hydrogen) atoms. The molecule has 3 rings (SSSR count). The van der Waals surface area contributed by atoms with Gasteiger partial charge < -0.3 is 9.87 Å². The lowest BCUT2D eigenvalue weighted by atomic mass is 9.84. The van der Waals surface area contributed by atoms with E-state index in [1.807, 2.05) is 19.1 Å². The number of aryl methyl sites for hydroxylation is 1. The first kappa shape index (κ1) is 14.7. The van der Waals surface area contributed by atoms with E-state index in [0.717, 1.165) is 34.8 Å². The second kappa shape index (κ2) is 5.89. The first-order chi connectivity index (χ1) is 10.1. The molecule has 2 aromatic rings. The first-order valence-corrected chi connectivity index (χ1v) is 8.20. The van der Waals surface area contributed by atoms with Crippen molar-refractivity contribution >= 4 is 22.7 Å². The number of hydrogen-bond acceptors (Lipinski definition) is 3. The lowest BCUT2D eigenvalue weighted by Crippen LogP contribution is -2.29. The van der Waals surface area contributed by atoms with Crippen LogP contribution in [0.15, 0.2) is 41.3 Å². The minimum atomic E-state index is -2.21. The Balaban J connectivity index is 2.10. The summed E-state index contributed by atoms with van der Waals surface area (Å²) in [6, 6.07) is 11.2. The van der Waals surface area contributed by atoms with Crippen molar-refractivity contribution in [3.63, 3.8) is 0 Å². The van der Waals surface area contributed by atoms with Crippen LogP contribution in [0.25, 0.3) is 0 Å². The Labute approximate surface area is 131 Å². The molecule has 0 saturated carbocycles. The van der Waals surface area contributed by atoms with Gasteiger partial charge in [0.15, 0.2) is 0 Å². The quantitative estimate of drug-likeness (QED) is 0.865. The average Bonchev–Trinajstić information content (AvgIpc) is 2.46. The van der Waals surface area contributed by atoms with Gasteiger partial charge in [0.1, 0.15) is 0 Å². The molecule has 1 heterocycles. The molecule has 0 fully saturated rings. The van der Waals surface area contributed by atoms with Crippen molar-refractivity contribution in [2.24, 2.45) is 0 Å². The fourth-order valence-electron chi connectivity index (χ4n) is 2.88. The van der Waals surface area contributed by atoms with Crippen LogP contribution in [0.4, 0.5) is 0 Å². The normalized spacial score (nSPS) is 19.1. The molecule has 2 atom stereocenters. The fraction of sp³-hybridized carbons (Fsp3) is 0.250. The van der Waals surface area contributed by atoms with Crippen molar-refractivity contribution in [2.45, 2.75) is 24.3 Å². The number of halogens is 1. The zero-order valence-corrected chi connectivity index (χ0v) is 13.1. The van der Waals surface area contributed by atoms with Gasteiger partial charge in [-0.05, 0) is 58.5 Å². The lowest BCUT2D eigenvalue weighted by molar-refractivity contribution is 0.536. The second-order valence-electron chi connectivity index (χ2n) is 5.31. The molecular weight excluding hydrogens is 306 g/mol. The molecule has 110 valence electrons. The van der Waals surface area contributed by atoms with Crippen molar-refractivity contribution in [1.29, 1.82) is 0 Å². The van der Waals surface area contributed by atoms with Crippen LogP contribution in [0.2, 0.25) is 5.02 Å². The van der Waals surface area contributed by atoms with E-state index in [9.17, 15) is 8.76 Å². The van der Waals surface area contributed by atoms with Gasteiger partial charge in [-0.1, -0.05) is 29.8 Å². The van der Waals surface area contributed by atoms with Crippen LogP contribution < -0.4 is 5.32 Å². The third kappa shape index (κ3) is 2.90. The number of hydrogen-bond donors (Lipinski definition) is 1. The predicted octanol–water partition coefficient (Wildman–Crippen LogP) is 3.12. The molecule has 0 aromatic heterocycles. The SMILES string of the molecule is Cc1cc(Cl)c2c(c1)[C@H](c1cccc(S(=O)[O-])c1)CNC2. The summed E-state index contributed by atoms with van der Waals surface area (Å²) in [4.78, 5) is 0.318. The van der Waals surface area contributed by atoms with Gasteiger partial charge in [0.25, 0.3) is 0 Å². The summed E-state index contributed by atoms with van der Waals surface area (Å²) >= 11 is 4.14. The predicted molar refractivity (Wildman–Crippen MR) is 83.4 cm³/mol. The Kier molecular flexibility index (Phi) is 4.13. The molecule has 5 heteroatoms. The van der Waals surface area contributed by atoms with Crippen LogP contribution in [0.5, 0.6) is 0 Å². The van der Waals surface area contributed by atoms with Crippen LogP contribution in [0.1, 0.15) is 28.2 Å². The topological polar surface area (TPSA) is 52.2 Å². The van der Waals surface area contributed by atoms with Gasteiger partial charge in [-0.2, -0.15) is 0 Å². The monoisotopic (exact) mass is 320 g/mol. The molecule has 1 N–H and O–H groups in total. The summed E-state index contributed by atoms with van der Waals surface area (Å²) in [5.41, 5.74) is 4.40. The molecule has 0 bridgehead atoms. The molecule has 2 aromatic carbocycles. The number of nitrogens with one attached hydrogen (secondary N) is 1. The van der Waals surface area contributed by atoms with E-state index in [1.54, 1.807) is 18.2 Å².